The van der Waals surface area contributed by atoms with Gasteiger partial charge in [0.15, 0.2) is 0 Å². The van der Waals surface area contributed by atoms with Crippen LogP contribution in [0, 0.1) is 5.92 Å². The molecule has 2 heterocycles. The molecule has 1 aliphatic rings. The predicted molar refractivity (Wildman–Crippen MR) is 96.9 cm³/mol. The number of urea groups is 1. The van der Waals surface area contributed by atoms with Gasteiger partial charge in [0.1, 0.15) is 6.04 Å². The van der Waals surface area contributed by atoms with Crippen molar-refractivity contribution in [2.24, 2.45) is 5.92 Å². The quantitative estimate of drug-likeness (QED) is 0.762. The van der Waals surface area contributed by atoms with E-state index >= 15 is 0 Å². The number of amides is 2. The fraction of sp³-hybridized carbons (Fsp3) is 0.333. The molecule has 3 rings (SSSR count). The molecule has 7 heteroatoms. The lowest BCUT2D eigenvalue weighted by molar-refractivity contribution is -0.141. The zero-order chi connectivity index (χ0) is 17.6. The number of thiophene rings is 1. The highest BCUT2D eigenvalue weighted by atomic mass is 32.1. The van der Waals surface area contributed by atoms with Crippen LogP contribution in [0.4, 0.5) is 10.5 Å². The molecule has 0 bridgehead atoms. The number of carboxylic acids is 1. The molecular formula is C18H20N2O4S. The third-order valence-corrected chi connectivity index (χ3v) is 5.14. The molecule has 25 heavy (non-hydrogen) atoms. The molecule has 2 amide bonds. The summed E-state index contributed by atoms with van der Waals surface area (Å²) >= 11 is 1.62. The van der Waals surface area contributed by atoms with E-state index in [1.165, 1.54) is 0 Å². The summed E-state index contributed by atoms with van der Waals surface area (Å²) in [6, 6.07) is 10.0. The van der Waals surface area contributed by atoms with Crippen molar-refractivity contribution in [2.75, 3.05) is 18.5 Å². The summed E-state index contributed by atoms with van der Waals surface area (Å²) in [6.07, 6.45) is 1.26. The van der Waals surface area contributed by atoms with Crippen molar-refractivity contribution in [2.45, 2.75) is 18.9 Å². The zero-order valence-electron chi connectivity index (χ0n) is 13.6. The Kier molecular flexibility index (Phi) is 5.67. The summed E-state index contributed by atoms with van der Waals surface area (Å²) in [5.41, 5.74) is 1.63. The Morgan fingerprint density at radius 2 is 2.00 bits per heavy atom. The molecule has 1 saturated heterocycles. The summed E-state index contributed by atoms with van der Waals surface area (Å²) < 4.78 is 5.26. The molecule has 1 fully saturated rings. The van der Waals surface area contributed by atoms with Crippen molar-refractivity contribution in [1.82, 2.24) is 5.32 Å². The first-order valence-electron chi connectivity index (χ1n) is 8.15. The minimum absolute atomic E-state index is 0.116. The van der Waals surface area contributed by atoms with Gasteiger partial charge in [-0.05, 0) is 47.9 Å². The molecule has 1 aliphatic heterocycles. The zero-order valence-corrected chi connectivity index (χ0v) is 14.4. The number of carbonyl (C=O) groups excluding carboxylic acids is 1. The highest BCUT2D eigenvalue weighted by Crippen LogP contribution is 2.26. The second kappa shape index (κ2) is 8.13. The van der Waals surface area contributed by atoms with E-state index in [9.17, 15) is 14.7 Å². The molecule has 2 aromatic rings. The number of aliphatic carboxylic acids is 1. The molecule has 132 valence electrons. The Labute approximate surface area is 149 Å². The molecule has 1 aromatic carbocycles. The van der Waals surface area contributed by atoms with Crippen LogP contribution in [0.5, 0.6) is 0 Å². The molecule has 1 aromatic heterocycles. The number of benzene rings is 1. The summed E-state index contributed by atoms with van der Waals surface area (Å²) in [4.78, 5) is 24.9. The van der Waals surface area contributed by atoms with E-state index in [-0.39, 0.29) is 5.92 Å². The molecular weight excluding hydrogens is 340 g/mol. The van der Waals surface area contributed by atoms with E-state index in [1.807, 2.05) is 35.7 Å². The monoisotopic (exact) mass is 360 g/mol. The Hall–Kier alpha value is -2.38. The molecule has 6 nitrogen and oxygen atoms in total. The van der Waals surface area contributed by atoms with Crippen molar-refractivity contribution < 1.29 is 19.4 Å². The largest absolute Gasteiger partial charge is 0.480 e. The number of hydrogen-bond acceptors (Lipinski definition) is 4. The van der Waals surface area contributed by atoms with Gasteiger partial charge in [-0.1, -0.05) is 18.2 Å². The van der Waals surface area contributed by atoms with Crippen LogP contribution in [0.25, 0.3) is 10.4 Å². The number of nitrogens with one attached hydrogen (secondary N) is 2. The second-order valence-corrected chi connectivity index (χ2v) is 6.87. The Balaban J connectivity index is 1.65. The second-order valence-electron chi connectivity index (χ2n) is 5.92. The van der Waals surface area contributed by atoms with Crippen LogP contribution in [-0.2, 0) is 9.53 Å². The van der Waals surface area contributed by atoms with Crippen LogP contribution in [0.1, 0.15) is 12.8 Å². The SMILES string of the molecule is O=C(Nc1cccc(-c2cccs2)c1)N[C@H](C(=O)O)C1CCOCC1. The van der Waals surface area contributed by atoms with Gasteiger partial charge in [-0.3, -0.25) is 0 Å². The van der Waals surface area contributed by atoms with E-state index in [0.717, 1.165) is 10.4 Å². The highest BCUT2D eigenvalue weighted by Gasteiger charge is 2.31. The molecule has 0 radical (unpaired) electrons. The normalized spacial score (nSPS) is 16.2. The number of carbonyl (C=O) groups is 2. The number of ether oxygens (including phenoxy) is 1. The van der Waals surface area contributed by atoms with Gasteiger partial charge in [-0.2, -0.15) is 0 Å². The number of anilines is 1. The lowest BCUT2D eigenvalue weighted by atomic mass is 9.92. The first-order valence-corrected chi connectivity index (χ1v) is 9.03. The van der Waals surface area contributed by atoms with Gasteiger partial charge >= 0.3 is 12.0 Å². The third-order valence-electron chi connectivity index (χ3n) is 4.22. The Bertz CT molecular complexity index is 726. The maximum Gasteiger partial charge on any atom is 0.326 e. The topological polar surface area (TPSA) is 87.7 Å². The summed E-state index contributed by atoms with van der Waals surface area (Å²) in [5.74, 6) is -1.14. The Morgan fingerprint density at radius 1 is 1.20 bits per heavy atom. The van der Waals surface area contributed by atoms with E-state index in [0.29, 0.717) is 31.7 Å². The fourth-order valence-electron chi connectivity index (χ4n) is 2.93. The minimum Gasteiger partial charge on any atom is -0.480 e. The van der Waals surface area contributed by atoms with Gasteiger partial charge in [-0.15, -0.1) is 11.3 Å². The van der Waals surface area contributed by atoms with Gasteiger partial charge in [0, 0.05) is 23.8 Å². The molecule has 3 N–H and O–H groups in total. The first-order chi connectivity index (χ1) is 12.1. The highest BCUT2D eigenvalue weighted by molar-refractivity contribution is 7.13. The standard InChI is InChI=1S/C18H20N2O4S/c21-17(22)16(12-6-8-24-9-7-12)20-18(23)19-14-4-1-3-13(11-14)15-5-2-10-25-15/h1-5,10-12,16H,6-9H2,(H,21,22)(H2,19,20,23)/t16-/m0/s1. The maximum absolute atomic E-state index is 12.3. The maximum atomic E-state index is 12.3. The minimum atomic E-state index is -1.02. The smallest absolute Gasteiger partial charge is 0.326 e. The average molecular weight is 360 g/mol. The summed E-state index contributed by atoms with van der Waals surface area (Å²) in [5, 5.41) is 16.7. The number of carboxylic acid groups (broad SMARTS) is 1. The van der Waals surface area contributed by atoms with Gasteiger partial charge in [0.25, 0.3) is 0 Å². The molecule has 1 atom stereocenters. The Morgan fingerprint density at radius 3 is 2.68 bits per heavy atom. The van der Waals surface area contributed by atoms with E-state index in [1.54, 1.807) is 17.4 Å². The van der Waals surface area contributed by atoms with Crippen LogP contribution in [0.2, 0.25) is 0 Å². The van der Waals surface area contributed by atoms with E-state index < -0.39 is 18.0 Å². The van der Waals surface area contributed by atoms with Crippen molar-refractivity contribution in [3.63, 3.8) is 0 Å². The fourth-order valence-corrected chi connectivity index (χ4v) is 3.66. The molecule has 0 spiro atoms. The van der Waals surface area contributed by atoms with Gasteiger partial charge in [0.2, 0.25) is 0 Å². The van der Waals surface area contributed by atoms with Crippen LogP contribution < -0.4 is 10.6 Å². The predicted octanol–water partition coefficient (Wildman–Crippen LogP) is 3.42. The van der Waals surface area contributed by atoms with E-state index in [4.69, 9.17) is 4.74 Å². The van der Waals surface area contributed by atoms with Crippen molar-refractivity contribution >= 4 is 29.0 Å². The molecule has 0 aliphatic carbocycles. The van der Waals surface area contributed by atoms with Gasteiger partial charge < -0.3 is 20.5 Å². The summed E-state index contributed by atoms with van der Waals surface area (Å²) in [7, 11) is 0. The van der Waals surface area contributed by atoms with E-state index in [2.05, 4.69) is 10.6 Å². The van der Waals surface area contributed by atoms with Crippen molar-refractivity contribution in [1.29, 1.82) is 0 Å². The molecule has 0 unspecified atom stereocenters. The number of hydrogen-bond donors (Lipinski definition) is 3. The summed E-state index contributed by atoms with van der Waals surface area (Å²) in [6.45, 7) is 1.06. The van der Waals surface area contributed by atoms with Crippen LogP contribution in [0.15, 0.2) is 41.8 Å². The molecule has 0 saturated carbocycles. The van der Waals surface area contributed by atoms with Crippen LogP contribution in [0.3, 0.4) is 0 Å². The van der Waals surface area contributed by atoms with Crippen LogP contribution >= 0.6 is 11.3 Å². The van der Waals surface area contributed by atoms with Crippen LogP contribution in [-0.4, -0.2) is 36.4 Å². The lowest BCUT2D eigenvalue weighted by Gasteiger charge is -2.28. The van der Waals surface area contributed by atoms with Crippen molar-refractivity contribution in [3.8, 4) is 10.4 Å². The van der Waals surface area contributed by atoms with Gasteiger partial charge in [-0.25, -0.2) is 9.59 Å². The number of rotatable bonds is 5. The third kappa shape index (κ3) is 4.58. The first kappa shape index (κ1) is 17.4. The average Bonchev–Trinajstić information content (AvgIpc) is 3.15. The van der Waals surface area contributed by atoms with Crippen molar-refractivity contribution in [3.05, 3.63) is 41.8 Å². The lowest BCUT2D eigenvalue weighted by Crippen LogP contribution is -2.48. The van der Waals surface area contributed by atoms with Gasteiger partial charge in [0.05, 0.1) is 0 Å².